The molecule has 146 valence electrons. The average molecular weight is 381 g/mol. The minimum absolute atomic E-state index is 0.120. The fourth-order valence-corrected chi connectivity index (χ4v) is 3.06. The first kappa shape index (κ1) is 19.5. The molecule has 1 heterocycles. The Morgan fingerprint density at radius 3 is 2.71 bits per heavy atom. The summed E-state index contributed by atoms with van der Waals surface area (Å²) in [5.41, 5.74) is 2.36. The van der Waals surface area contributed by atoms with Crippen LogP contribution in [0.25, 0.3) is 0 Å². The zero-order chi connectivity index (χ0) is 19.9. The van der Waals surface area contributed by atoms with Crippen LogP contribution < -0.4 is 20.1 Å². The minimum atomic E-state index is -0.271. The molecule has 0 aliphatic carbocycles. The lowest BCUT2D eigenvalue weighted by molar-refractivity contribution is 0.0951. The van der Waals surface area contributed by atoms with Crippen LogP contribution in [-0.4, -0.2) is 33.0 Å². The second-order valence-corrected chi connectivity index (χ2v) is 6.39. The van der Waals surface area contributed by atoms with E-state index in [2.05, 4.69) is 16.7 Å². The number of nitrogens with zero attached hydrogens (tertiary/aromatic N) is 1. The van der Waals surface area contributed by atoms with Crippen molar-refractivity contribution in [1.29, 1.82) is 5.26 Å². The third kappa shape index (κ3) is 4.53. The number of methoxy groups -OCH3 is 2. The summed E-state index contributed by atoms with van der Waals surface area (Å²) < 4.78 is 16.1. The van der Waals surface area contributed by atoms with Crippen molar-refractivity contribution in [3.8, 4) is 17.6 Å². The number of benzene rings is 2. The Balaban J connectivity index is 1.75. The van der Waals surface area contributed by atoms with Gasteiger partial charge in [0, 0.05) is 18.8 Å². The zero-order valence-corrected chi connectivity index (χ0v) is 16.0. The average Bonchev–Trinajstić information content (AvgIpc) is 3.25. The second kappa shape index (κ2) is 9.11. The van der Waals surface area contributed by atoms with Gasteiger partial charge in [-0.15, -0.1) is 0 Å². The van der Waals surface area contributed by atoms with E-state index in [9.17, 15) is 10.1 Å². The molecule has 1 aliphatic rings. The summed E-state index contributed by atoms with van der Waals surface area (Å²) in [5.74, 6) is 0.955. The Morgan fingerprint density at radius 2 is 2.04 bits per heavy atom. The molecule has 0 bridgehead atoms. The number of anilines is 1. The summed E-state index contributed by atoms with van der Waals surface area (Å²) in [6.07, 6.45) is 1.74. The number of carbonyl (C=O) groups is 1. The van der Waals surface area contributed by atoms with Crippen molar-refractivity contribution in [2.75, 3.05) is 26.1 Å². The number of nitriles is 1. The molecular weight excluding hydrogens is 358 g/mol. The van der Waals surface area contributed by atoms with Crippen LogP contribution in [0.4, 0.5) is 5.69 Å². The molecule has 1 amide bonds. The number of hydrogen-bond acceptors (Lipinski definition) is 6. The summed E-state index contributed by atoms with van der Waals surface area (Å²) in [4.78, 5) is 12.8. The fraction of sp³-hybridized carbons (Fsp3) is 0.333. The Morgan fingerprint density at radius 1 is 1.21 bits per heavy atom. The van der Waals surface area contributed by atoms with Gasteiger partial charge in [0.1, 0.15) is 6.23 Å². The normalized spacial score (nSPS) is 15.5. The molecule has 7 nitrogen and oxygen atoms in total. The first-order valence-electron chi connectivity index (χ1n) is 9.06. The molecule has 0 saturated carbocycles. The van der Waals surface area contributed by atoms with Crippen LogP contribution in [-0.2, 0) is 11.3 Å². The summed E-state index contributed by atoms with van der Waals surface area (Å²) in [6.45, 7) is 1.02. The van der Waals surface area contributed by atoms with E-state index >= 15 is 0 Å². The largest absolute Gasteiger partial charge is 0.493 e. The number of amides is 1. The van der Waals surface area contributed by atoms with E-state index in [4.69, 9.17) is 14.2 Å². The molecule has 0 aromatic heterocycles. The number of ether oxygens (including phenoxy) is 3. The quantitative estimate of drug-likeness (QED) is 0.766. The van der Waals surface area contributed by atoms with Crippen molar-refractivity contribution in [3.05, 3.63) is 53.1 Å². The van der Waals surface area contributed by atoms with Gasteiger partial charge in [0.05, 0.1) is 31.4 Å². The van der Waals surface area contributed by atoms with Crippen LogP contribution in [0, 0.1) is 11.3 Å². The second-order valence-electron chi connectivity index (χ2n) is 6.39. The Labute approximate surface area is 164 Å². The first-order valence-corrected chi connectivity index (χ1v) is 9.06. The zero-order valence-electron chi connectivity index (χ0n) is 16.0. The molecule has 2 aromatic carbocycles. The van der Waals surface area contributed by atoms with E-state index in [0.717, 1.165) is 18.4 Å². The van der Waals surface area contributed by atoms with E-state index in [1.54, 1.807) is 38.5 Å². The van der Waals surface area contributed by atoms with Crippen molar-refractivity contribution >= 4 is 11.6 Å². The van der Waals surface area contributed by atoms with Gasteiger partial charge < -0.3 is 24.8 Å². The Kier molecular flexibility index (Phi) is 6.35. The summed E-state index contributed by atoms with van der Waals surface area (Å²) in [5, 5.41) is 15.3. The van der Waals surface area contributed by atoms with Crippen molar-refractivity contribution < 1.29 is 19.0 Å². The molecule has 0 radical (unpaired) electrons. The number of hydrogen-bond donors (Lipinski definition) is 2. The highest BCUT2D eigenvalue weighted by Crippen LogP contribution is 2.27. The molecule has 0 spiro atoms. The summed E-state index contributed by atoms with van der Waals surface area (Å²) in [6, 6.07) is 12.6. The molecule has 1 fully saturated rings. The Bertz CT molecular complexity index is 886. The van der Waals surface area contributed by atoms with Gasteiger partial charge in [-0.25, -0.2) is 0 Å². The monoisotopic (exact) mass is 381 g/mol. The van der Waals surface area contributed by atoms with E-state index in [1.807, 2.05) is 12.1 Å². The third-order valence-corrected chi connectivity index (χ3v) is 4.54. The van der Waals surface area contributed by atoms with E-state index in [0.29, 0.717) is 41.5 Å². The predicted molar refractivity (Wildman–Crippen MR) is 104 cm³/mol. The lowest BCUT2D eigenvalue weighted by Crippen LogP contribution is -2.26. The highest BCUT2D eigenvalue weighted by molar-refractivity contribution is 6.00. The van der Waals surface area contributed by atoms with Gasteiger partial charge in [-0.2, -0.15) is 5.26 Å². The topological polar surface area (TPSA) is 92.6 Å². The predicted octanol–water partition coefficient (Wildman–Crippen LogP) is 3.05. The van der Waals surface area contributed by atoms with Crippen molar-refractivity contribution in [2.24, 2.45) is 0 Å². The maximum absolute atomic E-state index is 12.8. The van der Waals surface area contributed by atoms with Crippen LogP contribution in [0.15, 0.2) is 36.4 Å². The number of nitrogens with one attached hydrogen (secondary N) is 2. The van der Waals surface area contributed by atoms with Crippen LogP contribution in [0.2, 0.25) is 0 Å². The van der Waals surface area contributed by atoms with Crippen LogP contribution >= 0.6 is 0 Å². The molecule has 1 saturated heterocycles. The molecular formula is C21H23N3O4. The molecule has 2 aromatic rings. The molecule has 2 N–H and O–H groups in total. The van der Waals surface area contributed by atoms with Gasteiger partial charge in [-0.05, 0) is 48.7 Å². The highest BCUT2D eigenvalue weighted by Gasteiger charge is 2.19. The standard InChI is InChI=1S/C21H23N3O4/c1-26-18-8-6-15(11-19(18)27-2)13-23-21(25)16-10-14(12-22)5-7-17(16)24-20-4-3-9-28-20/h5-8,10-11,20,24H,3-4,9,13H2,1-2H3,(H,23,25)/t20-/m1/s1. The van der Waals surface area contributed by atoms with Crippen molar-refractivity contribution in [2.45, 2.75) is 25.6 Å². The van der Waals surface area contributed by atoms with Crippen LogP contribution in [0.3, 0.4) is 0 Å². The van der Waals surface area contributed by atoms with Gasteiger partial charge in [0.15, 0.2) is 11.5 Å². The Hall–Kier alpha value is -3.24. The van der Waals surface area contributed by atoms with Gasteiger partial charge in [0.2, 0.25) is 0 Å². The van der Waals surface area contributed by atoms with Gasteiger partial charge >= 0.3 is 0 Å². The molecule has 28 heavy (non-hydrogen) atoms. The SMILES string of the molecule is COc1ccc(CNC(=O)c2cc(C#N)ccc2N[C@H]2CCCO2)cc1OC. The van der Waals surface area contributed by atoms with Gasteiger partial charge in [0.25, 0.3) is 5.91 Å². The van der Waals surface area contributed by atoms with E-state index in [1.165, 1.54) is 0 Å². The molecule has 1 aliphatic heterocycles. The van der Waals surface area contributed by atoms with E-state index < -0.39 is 0 Å². The molecule has 3 rings (SSSR count). The summed E-state index contributed by atoms with van der Waals surface area (Å²) in [7, 11) is 3.14. The fourth-order valence-electron chi connectivity index (χ4n) is 3.06. The highest BCUT2D eigenvalue weighted by atomic mass is 16.5. The van der Waals surface area contributed by atoms with Gasteiger partial charge in [-0.1, -0.05) is 6.07 Å². The van der Waals surface area contributed by atoms with Crippen LogP contribution in [0.1, 0.15) is 34.3 Å². The van der Waals surface area contributed by atoms with Crippen LogP contribution in [0.5, 0.6) is 11.5 Å². The molecule has 7 heteroatoms. The number of rotatable bonds is 7. The lowest BCUT2D eigenvalue weighted by atomic mass is 10.1. The smallest absolute Gasteiger partial charge is 0.253 e. The molecule has 1 atom stereocenters. The first-order chi connectivity index (χ1) is 13.6. The van der Waals surface area contributed by atoms with Gasteiger partial charge in [-0.3, -0.25) is 4.79 Å². The third-order valence-electron chi connectivity index (χ3n) is 4.54. The lowest BCUT2D eigenvalue weighted by Gasteiger charge is -2.17. The summed E-state index contributed by atoms with van der Waals surface area (Å²) >= 11 is 0. The number of carbonyl (C=O) groups excluding carboxylic acids is 1. The van der Waals surface area contributed by atoms with Crippen molar-refractivity contribution in [3.63, 3.8) is 0 Å². The minimum Gasteiger partial charge on any atom is -0.493 e. The van der Waals surface area contributed by atoms with E-state index in [-0.39, 0.29) is 12.1 Å². The maximum atomic E-state index is 12.8. The van der Waals surface area contributed by atoms with Crippen molar-refractivity contribution in [1.82, 2.24) is 5.32 Å². The maximum Gasteiger partial charge on any atom is 0.253 e. The molecule has 0 unspecified atom stereocenters.